The van der Waals surface area contributed by atoms with Crippen LogP contribution in [0.4, 0.5) is 0 Å². The number of aryl methyl sites for hydroxylation is 1. The van der Waals surface area contributed by atoms with Crippen LogP contribution in [-0.4, -0.2) is 42.7 Å². The summed E-state index contributed by atoms with van der Waals surface area (Å²) in [5, 5.41) is 2.74. The standard InChI is InChI=1S/C27H30N2O3S/c1-20-12-14-24(15-13-20)33-19-26(30)29(18-22-10-7-11-23(16-22)32-3)25(27(31)28-2)17-21-8-5-4-6-9-21/h4-16,25H,17-19H2,1-3H3,(H,28,31)/t25-/m1/s1. The molecule has 0 spiro atoms. The third kappa shape index (κ3) is 7.12. The minimum Gasteiger partial charge on any atom is -0.497 e. The molecule has 0 saturated heterocycles. The molecule has 0 aliphatic rings. The Morgan fingerprint density at radius 3 is 2.33 bits per heavy atom. The van der Waals surface area contributed by atoms with Crippen molar-refractivity contribution < 1.29 is 14.3 Å². The number of nitrogens with one attached hydrogen (secondary N) is 1. The Morgan fingerprint density at radius 1 is 0.970 bits per heavy atom. The number of amides is 2. The van der Waals surface area contributed by atoms with Crippen molar-refractivity contribution in [3.05, 3.63) is 95.6 Å². The van der Waals surface area contributed by atoms with Gasteiger partial charge in [-0.25, -0.2) is 0 Å². The van der Waals surface area contributed by atoms with Crippen molar-refractivity contribution in [2.75, 3.05) is 19.9 Å². The number of hydrogen-bond acceptors (Lipinski definition) is 4. The Morgan fingerprint density at radius 2 is 1.67 bits per heavy atom. The van der Waals surface area contributed by atoms with E-state index >= 15 is 0 Å². The van der Waals surface area contributed by atoms with Gasteiger partial charge in [-0.05, 0) is 42.3 Å². The van der Waals surface area contributed by atoms with Crippen molar-refractivity contribution in [1.82, 2.24) is 10.2 Å². The number of methoxy groups -OCH3 is 1. The van der Waals surface area contributed by atoms with Crippen LogP contribution in [0.3, 0.4) is 0 Å². The summed E-state index contributed by atoms with van der Waals surface area (Å²) in [7, 11) is 3.22. The second-order valence-corrected chi connectivity index (χ2v) is 8.84. The molecule has 1 N–H and O–H groups in total. The van der Waals surface area contributed by atoms with Crippen molar-refractivity contribution in [3.63, 3.8) is 0 Å². The monoisotopic (exact) mass is 462 g/mol. The van der Waals surface area contributed by atoms with Crippen molar-refractivity contribution in [3.8, 4) is 5.75 Å². The number of ether oxygens (including phenoxy) is 1. The number of benzene rings is 3. The predicted octanol–water partition coefficient (Wildman–Crippen LogP) is 4.48. The Hall–Kier alpha value is -3.25. The van der Waals surface area contributed by atoms with Crippen LogP contribution >= 0.6 is 11.8 Å². The quantitative estimate of drug-likeness (QED) is 0.451. The topological polar surface area (TPSA) is 58.6 Å². The minimum absolute atomic E-state index is 0.0899. The van der Waals surface area contributed by atoms with E-state index in [4.69, 9.17) is 4.74 Å². The van der Waals surface area contributed by atoms with Gasteiger partial charge in [-0.15, -0.1) is 11.8 Å². The number of hydrogen-bond donors (Lipinski definition) is 1. The number of nitrogens with zero attached hydrogens (tertiary/aromatic N) is 1. The molecule has 3 aromatic rings. The van der Waals surface area contributed by atoms with Gasteiger partial charge in [0.1, 0.15) is 11.8 Å². The average molecular weight is 463 g/mol. The normalized spacial score (nSPS) is 11.5. The molecule has 2 amide bonds. The first-order chi connectivity index (χ1) is 16.0. The van der Waals surface area contributed by atoms with Gasteiger partial charge in [-0.1, -0.05) is 60.2 Å². The van der Waals surface area contributed by atoms with Crippen LogP contribution < -0.4 is 10.1 Å². The highest BCUT2D eigenvalue weighted by Gasteiger charge is 2.29. The highest BCUT2D eigenvalue weighted by Crippen LogP contribution is 2.22. The maximum absolute atomic E-state index is 13.5. The lowest BCUT2D eigenvalue weighted by atomic mass is 10.0. The van der Waals surface area contributed by atoms with E-state index in [-0.39, 0.29) is 17.6 Å². The number of carbonyl (C=O) groups is 2. The molecular formula is C27H30N2O3S. The first kappa shape index (κ1) is 24.4. The highest BCUT2D eigenvalue weighted by molar-refractivity contribution is 8.00. The Balaban J connectivity index is 1.87. The average Bonchev–Trinajstić information content (AvgIpc) is 2.86. The zero-order valence-electron chi connectivity index (χ0n) is 19.3. The number of likely N-dealkylation sites (N-methyl/N-ethyl adjacent to an activating group) is 1. The molecule has 3 rings (SSSR count). The van der Waals surface area contributed by atoms with Gasteiger partial charge in [-0.3, -0.25) is 9.59 Å². The summed E-state index contributed by atoms with van der Waals surface area (Å²) in [6, 6.07) is 24.8. The zero-order valence-corrected chi connectivity index (χ0v) is 20.1. The molecule has 0 saturated carbocycles. The lowest BCUT2D eigenvalue weighted by molar-refractivity contribution is -0.139. The fourth-order valence-corrected chi connectivity index (χ4v) is 4.34. The Kier molecular flexibility index (Phi) is 8.95. The van der Waals surface area contributed by atoms with Crippen LogP contribution in [0.2, 0.25) is 0 Å². The van der Waals surface area contributed by atoms with Crippen molar-refractivity contribution in [1.29, 1.82) is 0 Å². The van der Waals surface area contributed by atoms with Crippen molar-refractivity contribution >= 4 is 23.6 Å². The van der Waals surface area contributed by atoms with Gasteiger partial charge < -0.3 is 15.0 Å². The lowest BCUT2D eigenvalue weighted by Crippen LogP contribution is -2.50. The van der Waals surface area contributed by atoms with E-state index in [0.717, 1.165) is 16.0 Å². The van der Waals surface area contributed by atoms with E-state index in [0.29, 0.717) is 18.7 Å². The number of thioether (sulfide) groups is 1. The maximum atomic E-state index is 13.5. The molecule has 6 heteroatoms. The fraction of sp³-hybridized carbons (Fsp3) is 0.259. The van der Waals surface area contributed by atoms with E-state index in [1.807, 2.05) is 85.8 Å². The van der Waals surface area contributed by atoms with Crippen molar-refractivity contribution in [2.24, 2.45) is 0 Å². The smallest absolute Gasteiger partial charge is 0.242 e. The maximum Gasteiger partial charge on any atom is 0.242 e. The summed E-state index contributed by atoms with van der Waals surface area (Å²) in [5.74, 6) is 0.687. The minimum atomic E-state index is -0.630. The summed E-state index contributed by atoms with van der Waals surface area (Å²) in [6.07, 6.45) is 0.436. The van der Waals surface area contributed by atoms with E-state index < -0.39 is 6.04 Å². The third-order valence-corrected chi connectivity index (χ3v) is 6.38. The third-order valence-electron chi connectivity index (χ3n) is 5.39. The van der Waals surface area contributed by atoms with Gasteiger partial charge in [0.25, 0.3) is 0 Å². The number of rotatable bonds is 10. The van der Waals surface area contributed by atoms with E-state index in [1.165, 1.54) is 17.3 Å². The van der Waals surface area contributed by atoms with E-state index in [2.05, 4.69) is 5.32 Å². The first-order valence-electron chi connectivity index (χ1n) is 10.9. The van der Waals surface area contributed by atoms with Gasteiger partial charge in [0.2, 0.25) is 11.8 Å². The molecule has 172 valence electrons. The molecule has 0 bridgehead atoms. The van der Waals surface area contributed by atoms with Gasteiger partial charge >= 0.3 is 0 Å². The van der Waals surface area contributed by atoms with Gasteiger partial charge in [0.15, 0.2) is 0 Å². The molecule has 5 nitrogen and oxygen atoms in total. The van der Waals surface area contributed by atoms with Crippen LogP contribution in [0.15, 0.2) is 83.8 Å². The molecule has 0 unspecified atom stereocenters. The number of carbonyl (C=O) groups excluding carboxylic acids is 2. The lowest BCUT2D eigenvalue weighted by Gasteiger charge is -2.31. The summed E-state index contributed by atoms with van der Waals surface area (Å²) < 4.78 is 5.35. The molecule has 0 aromatic heterocycles. The fourth-order valence-electron chi connectivity index (χ4n) is 3.55. The largest absolute Gasteiger partial charge is 0.497 e. The summed E-state index contributed by atoms with van der Waals surface area (Å²) in [4.78, 5) is 29.1. The molecule has 33 heavy (non-hydrogen) atoms. The molecular weight excluding hydrogens is 432 g/mol. The van der Waals surface area contributed by atoms with E-state index in [1.54, 1.807) is 19.1 Å². The van der Waals surface area contributed by atoms with Crippen LogP contribution in [-0.2, 0) is 22.6 Å². The second kappa shape index (κ2) is 12.1. The molecule has 0 heterocycles. The van der Waals surface area contributed by atoms with Crippen LogP contribution in [0.1, 0.15) is 16.7 Å². The van der Waals surface area contributed by atoms with Crippen LogP contribution in [0.25, 0.3) is 0 Å². The second-order valence-electron chi connectivity index (χ2n) is 7.79. The molecule has 0 radical (unpaired) electrons. The van der Waals surface area contributed by atoms with Gasteiger partial charge in [0, 0.05) is 24.9 Å². The van der Waals surface area contributed by atoms with Gasteiger partial charge in [0.05, 0.1) is 12.9 Å². The van der Waals surface area contributed by atoms with Crippen LogP contribution in [0.5, 0.6) is 5.75 Å². The van der Waals surface area contributed by atoms with Crippen LogP contribution in [0, 0.1) is 6.92 Å². The SMILES string of the molecule is CNC(=O)[C@@H](Cc1ccccc1)N(Cc1cccc(OC)c1)C(=O)CSc1ccc(C)cc1. The van der Waals surface area contributed by atoms with Gasteiger partial charge in [-0.2, -0.15) is 0 Å². The summed E-state index contributed by atoms with van der Waals surface area (Å²) in [6.45, 7) is 2.35. The predicted molar refractivity (Wildman–Crippen MR) is 133 cm³/mol. The molecule has 0 aliphatic carbocycles. The Labute approximate surface area is 200 Å². The van der Waals surface area contributed by atoms with Crippen molar-refractivity contribution in [2.45, 2.75) is 30.8 Å². The van der Waals surface area contributed by atoms with E-state index in [9.17, 15) is 9.59 Å². The molecule has 3 aromatic carbocycles. The molecule has 0 fully saturated rings. The molecule has 0 aliphatic heterocycles. The highest BCUT2D eigenvalue weighted by atomic mass is 32.2. The summed E-state index contributed by atoms with van der Waals surface area (Å²) in [5.41, 5.74) is 3.08. The zero-order chi connectivity index (χ0) is 23.6. The Bertz CT molecular complexity index is 1050. The first-order valence-corrected chi connectivity index (χ1v) is 11.9. The summed E-state index contributed by atoms with van der Waals surface area (Å²) >= 11 is 1.48. The molecule has 1 atom stereocenters.